The molecule has 0 aliphatic heterocycles. The monoisotopic (exact) mass is 288 g/mol. The Morgan fingerprint density at radius 3 is 2.68 bits per heavy atom. The Hall–Kier alpha value is -1.46. The predicted octanol–water partition coefficient (Wildman–Crippen LogP) is 2.19. The van der Waals surface area contributed by atoms with Crippen molar-refractivity contribution in [2.75, 3.05) is 25.6 Å². The third-order valence-electron chi connectivity index (χ3n) is 2.36. The average Bonchev–Trinajstić information content (AvgIpc) is 2.38. The fraction of sp³-hybridized carbons (Fsp3) is 0.462. The standard InChI is InChI=1S/C13H20N2O3.ClH/c1-3-18-11-7-6-10(9-12(11)17-2)15-13(16)5-4-8-14;/h6-7,9H,3-5,8,14H2,1-2H3,(H,15,16);1H. The molecule has 108 valence electrons. The normalized spacial score (nSPS) is 9.42. The van der Waals surface area contributed by atoms with Crippen molar-refractivity contribution < 1.29 is 14.3 Å². The first kappa shape index (κ1) is 17.5. The van der Waals surface area contributed by atoms with Crippen LogP contribution in [0.25, 0.3) is 0 Å². The Labute approximate surface area is 119 Å². The van der Waals surface area contributed by atoms with E-state index >= 15 is 0 Å². The third-order valence-corrected chi connectivity index (χ3v) is 2.36. The molecule has 0 unspecified atom stereocenters. The van der Waals surface area contributed by atoms with Crippen molar-refractivity contribution in [2.45, 2.75) is 19.8 Å². The maximum atomic E-state index is 11.5. The van der Waals surface area contributed by atoms with E-state index in [0.717, 1.165) is 0 Å². The summed E-state index contributed by atoms with van der Waals surface area (Å²) in [5.74, 6) is 1.22. The zero-order valence-corrected chi connectivity index (χ0v) is 12.1. The van der Waals surface area contributed by atoms with Gasteiger partial charge in [-0.3, -0.25) is 4.79 Å². The molecule has 1 amide bonds. The molecule has 0 aliphatic rings. The summed E-state index contributed by atoms with van der Waals surface area (Å²) in [7, 11) is 1.57. The molecule has 1 rings (SSSR count). The number of nitrogens with one attached hydrogen (secondary N) is 1. The number of hydrogen-bond donors (Lipinski definition) is 2. The van der Waals surface area contributed by atoms with Gasteiger partial charge in [0.1, 0.15) is 0 Å². The van der Waals surface area contributed by atoms with Crippen molar-refractivity contribution in [3.05, 3.63) is 18.2 Å². The van der Waals surface area contributed by atoms with Crippen LogP contribution >= 0.6 is 12.4 Å². The Balaban J connectivity index is 0.00000324. The van der Waals surface area contributed by atoms with Gasteiger partial charge in [0.05, 0.1) is 13.7 Å². The number of nitrogens with two attached hydrogens (primary N) is 1. The van der Waals surface area contributed by atoms with Crippen LogP contribution in [0.2, 0.25) is 0 Å². The van der Waals surface area contributed by atoms with E-state index in [4.69, 9.17) is 15.2 Å². The van der Waals surface area contributed by atoms with Crippen LogP contribution in [0.4, 0.5) is 5.69 Å². The van der Waals surface area contributed by atoms with Gasteiger partial charge < -0.3 is 20.5 Å². The first-order chi connectivity index (χ1) is 8.71. The van der Waals surface area contributed by atoms with E-state index in [0.29, 0.717) is 43.2 Å². The molecule has 0 spiro atoms. The molecule has 0 atom stereocenters. The molecule has 3 N–H and O–H groups in total. The minimum Gasteiger partial charge on any atom is -0.493 e. The number of hydrogen-bond acceptors (Lipinski definition) is 4. The largest absolute Gasteiger partial charge is 0.493 e. The average molecular weight is 289 g/mol. The van der Waals surface area contributed by atoms with Crippen molar-refractivity contribution in [1.29, 1.82) is 0 Å². The fourth-order valence-corrected chi connectivity index (χ4v) is 1.51. The lowest BCUT2D eigenvalue weighted by molar-refractivity contribution is -0.116. The second kappa shape index (κ2) is 9.47. The second-order valence-electron chi connectivity index (χ2n) is 3.74. The summed E-state index contributed by atoms with van der Waals surface area (Å²) in [6.07, 6.45) is 1.10. The lowest BCUT2D eigenvalue weighted by Crippen LogP contribution is -2.13. The maximum Gasteiger partial charge on any atom is 0.224 e. The zero-order chi connectivity index (χ0) is 13.4. The van der Waals surface area contributed by atoms with Gasteiger partial charge in [0.2, 0.25) is 5.91 Å². The van der Waals surface area contributed by atoms with Crippen molar-refractivity contribution in [3.63, 3.8) is 0 Å². The maximum absolute atomic E-state index is 11.5. The molecule has 5 nitrogen and oxygen atoms in total. The summed E-state index contributed by atoms with van der Waals surface area (Å²) >= 11 is 0. The van der Waals surface area contributed by atoms with Crippen LogP contribution in [0.5, 0.6) is 11.5 Å². The van der Waals surface area contributed by atoms with Crippen LogP contribution in [0.3, 0.4) is 0 Å². The van der Waals surface area contributed by atoms with Gasteiger partial charge in [0, 0.05) is 18.2 Å². The smallest absolute Gasteiger partial charge is 0.224 e. The molecule has 0 fully saturated rings. The summed E-state index contributed by atoms with van der Waals surface area (Å²) in [4.78, 5) is 11.5. The van der Waals surface area contributed by atoms with Gasteiger partial charge in [0.15, 0.2) is 11.5 Å². The van der Waals surface area contributed by atoms with Crippen LogP contribution in [0, 0.1) is 0 Å². The SMILES string of the molecule is CCOc1ccc(NC(=O)CCCN)cc1OC.Cl. The quantitative estimate of drug-likeness (QED) is 0.807. The van der Waals surface area contributed by atoms with Gasteiger partial charge in [-0.05, 0) is 32.0 Å². The number of methoxy groups -OCH3 is 1. The summed E-state index contributed by atoms with van der Waals surface area (Å²) in [5.41, 5.74) is 6.04. The highest BCUT2D eigenvalue weighted by Gasteiger charge is 2.07. The van der Waals surface area contributed by atoms with Crippen LogP contribution in [-0.2, 0) is 4.79 Å². The van der Waals surface area contributed by atoms with E-state index in [1.807, 2.05) is 6.92 Å². The first-order valence-corrected chi connectivity index (χ1v) is 6.02. The van der Waals surface area contributed by atoms with Crippen LogP contribution < -0.4 is 20.5 Å². The Kier molecular flexibility index (Phi) is 8.74. The van der Waals surface area contributed by atoms with E-state index in [2.05, 4.69) is 5.32 Å². The number of carbonyl (C=O) groups excluding carboxylic acids is 1. The van der Waals surface area contributed by atoms with E-state index in [1.165, 1.54) is 0 Å². The molecule has 0 saturated heterocycles. The minimum atomic E-state index is -0.0494. The molecule has 0 aliphatic carbocycles. The zero-order valence-electron chi connectivity index (χ0n) is 11.3. The Bertz CT molecular complexity index is 399. The van der Waals surface area contributed by atoms with Crippen molar-refractivity contribution in [1.82, 2.24) is 0 Å². The number of amides is 1. The minimum absolute atomic E-state index is 0. The van der Waals surface area contributed by atoms with Gasteiger partial charge in [-0.15, -0.1) is 12.4 Å². The molecule has 0 heterocycles. The molecule has 0 aromatic heterocycles. The van der Waals surface area contributed by atoms with E-state index in [9.17, 15) is 4.79 Å². The molecule has 0 radical (unpaired) electrons. The summed E-state index contributed by atoms with van der Waals surface area (Å²) in [6, 6.07) is 5.31. The highest BCUT2D eigenvalue weighted by molar-refractivity contribution is 5.91. The summed E-state index contributed by atoms with van der Waals surface area (Å²) in [6.45, 7) is 2.99. The third kappa shape index (κ3) is 5.81. The van der Waals surface area contributed by atoms with Crippen molar-refractivity contribution in [2.24, 2.45) is 5.73 Å². The van der Waals surface area contributed by atoms with Crippen LogP contribution in [-0.4, -0.2) is 26.2 Å². The molecular weight excluding hydrogens is 268 g/mol. The Morgan fingerprint density at radius 1 is 1.37 bits per heavy atom. The second-order valence-corrected chi connectivity index (χ2v) is 3.74. The van der Waals surface area contributed by atoms with Crippen molar-refractivity contribution >= 4 is 24.0 Å². The fourth-order valence-electron chi connectivity index (χ4n) is 1.51. The number of halogens is 1. The van der Waals surface area contributed by atoms with E-state index in [1.54, 1.807) is 25.3 Å². The van der Waals surface area contributed by atoms with Gasteiger partial charge in [-0.1, -0.05) is 0 Å². The lowest BCUT2D eigenvalue weighted by atomic mass is 10.2. The highest BCUT2D eigenvalue weighted by Crippen LogP contribution is 2.30. The summed E-state index contributed by atoms with van der Waals surface area (Å²) < 4.78 is 10.6. The molecule has 6 heteroatoms. The highest BCUT2D eigenvalue weighted by atomic mass is 35.5. The van der Waals surface area contributed by atoms with Gasteiger partial charge >= 0.3 is 0 Å². The molecule has 0 bridgehead atoms. The number of carbonyl (C=O) groups is 1. The lowest BCUT2D eigenvalue weighted by Gasteiger charge is -2.11. The topological polar surface area (TPSA) is 73.6 Å². The van der Waals surface area contributed by atoms with Gasteiger partial charge in [-0.25, -0.2) is 0 Å². The number of benzene rings is 1. The first-order valence-electron chi connectivity index (χ1n) is 6.02. The molecule has 1 aromatic carbocycles. The Morgan fingerprint density at radius 2 is 2.11 bits per heavy atom. The number of anilines is 1. The van der Waals surface area contributed by atoms with Crippen LogP contribution in [0.1, 0.15) is 19.8 Å². The number of rotatable bonds is 7. The molecule has 0 saturated carbocycles. The summed E-state index contributed by atoms with van der Waals surface area (Å²) in [5, 5.41) is 2.79. The van der Waals surface area contributed by atoms with Crippen molar-refractivity contribution in [3.8, 4) is 11.5 Å². The van der Waals surface area contributed by atoms with Crippen LogP contribution in [0.15, 0.2) is 18.2 Å². The molecule has 19 heavy (non-hydrogen) atoms. The van der Waals surface area contributed by atoms with Gasteiger partial charge in [0.25, 0.3) is 0 Å². The predicted molar refractivity (Wildman–Crippen MR) is 78.3 cm³/mol. The molecule has 1 aromatic rings. The number of ether oxygens (including phenoxy) is 2. The molecular formula is C13H21ClN2O3. The van der Waals surface area contributed by atoms with E-state index in [-0.39, 0.29) is 18.3 Å². The van der Waals surface area contributed by atoms with Gasteiger partial charge in [-0.2, -0.15) is 0 Å². The van der Waals surface area contributed by atoms with E-state index < -0.39 is 0 Å².